The van der Waals surface area contributed by atoms with Crippen molar-refractivity contribution in [2.75, 3.05) is 26.2 Å². The van der Waals surface area contributed by atoms with E-state index in [1.807, 2.05) is 13.8 Å². The Hall–Kier alpha value is -3.10. The number of nitrogens with zero attached hydrogens (tertiary/aromatic N) is 1. The monoisotopic (exact) mass is 568 g/mol. The van der Waals surface area contributed by atoms with Gasteiger partial charge in [0.1, 0.15) is 0 Å². The third-order valence-corrected chi connectivity index (χ3v) is 5.66. The molecule has 1 fully saturated rings. The summed E-state index contributed by atoms with van der Waals surface area (Å²) in [5.41, 5.74) is 2.25. The summed E-state index contributed by atoms with van der Waals surface area (Å²) in [4.78, 5) is 48.6. The van der Waals surface area contributed by atoms with E-state index in [1.165, 1.54) is 4.90 Å². The van der Waals surface area contributed by atoms with Crippen molar-refractivity contribution in [3.8, 4) is 0 Å². The van der Waals surface area contributed by atoms with Gasteiger partial charge in [0.2, 0.25) is 11.8 Å². The SMILES string of the molecule is CC[C@H](C(=O)NO)[C@H](C(=O)N1CCNC[C@@H]1OC(=O)NCC(C)C)c1ccc(Cl)cc1.O=C(O)C(F)(F)F. The second-order valence-electron chi connectivity index (χ2n) is 8.69. The maximum absolute atomic E-state index is 13.7. The van der Waals surface area contributed by atoms with E-state index in [2.05, 4.69) is 10.6 Å². The molecule has 0 radical (unpaired) electrons. The number of amides is 3. The molecule has 1 aromatic rings. The summed E-state index contributed by atoms with van der Waals surface area (Å²) in [6, 6.07) is 6.66. The fourth-order valence-electron chi connectivity index (χ4n) is 3.54. The molecule has 0 spiro atoms. The number of carboxylic acids is 1. The van der Waals surface area contributed by atoms with Crippen LogP contribution in [0.4, 0.5) is 18.0 Å². The first-order valence-corrected chi connectivity index (χ1v) is 12.1. The van der Waals surface area contributed by atoms with Gasteiger partial charge in [-0.2, -0.15) is 13.2 Å². The van der Waals surface area contributed by atoms with Gasteiger partial charge in [-0.05, 0) is 30.0 Å². The largest absolute Gasteiger partial charge is 0.490 e. The first kappa shape index (κ1) is 32.9. The highest BCUT2D eigenvalue weighted by Gasteiger charge is 2.40. The van der Waals surface area contributed by atoms with E-state index in [1.54, 1.807) is 36.7 Å². The number of hydroxylamine groups is 1. The number of aliphatic carboxylic acids is 1. The Morgan fingerprint density at radius 1 is 1.21 bits per heavy atom. The van der Waals surface area contributed by atoms with Crippen LogP contribution in [0.5, 0.6) is 0 Å². The minimum atomic E-state index is -5.08. The third kappa shape index (κ3) is 10.3. The highest BCUT2D eigenvalue weighted by molar-refractivity contribution is 6.30. The lowest BCUT2D eigenvalue weighted by atomic mass is 9.82. The van der Waals surface area contributed by atoms with Crippen LogP contribution in [0.1, 0.15) is 38.7 Å². The molecule has 1 heterocycles. The van der Waals surface area contributed by atoms with Crippen LogP contribution in [-0.4, -0.2) is 77.7 Å². The molecule has 11 nitrogen and oxygen atoms in total. The average molecular weight is 569 g/mol. The predicted octanol–water partition coefficient (Wildman–Crippen LogP) is 2.73. The zero-order valence-electron chi connectivity index (χ0n) is 21.0. The first-order valence-electron chi connectivity index (χ1n) is 11.7. The van der Waals surface area contributed by atoms with Gasteiger partial charge in [-0.25, -0.2) is 15.1 Å². The Morgan fingerprint density at radius 2 is 1.79 bits per heavy atom. The van der Waals surface area contributed by atoms with Crippen molar-refractivity contribution >= 4 is 35.5 Å². The van der Waals surface area contributed by atoms with Gasteiger partial charge in [0.25, 0.3) is 0 Å². The number of carboxylic acid groups (broad SMARTS) is 1. The fraction of sp³-hybridized carbons (Fsp3) is 0.565. The van der Waals surface area contributed by atoms with Crippen molar-refractivity contribution in [1.29, 1.82) is 0 Å². The highest BCUT2D eigenvalue weighted by Crippen LogP contribution is 2.31. The summed E-state index contributed by atoms with van der Waals surface area (Å²) >= 11 is 5.99. The number of nitrogens with one attached hydrogen (secondary N) is 3. The molecule has 15 heteroatoms. The maximum atomic E-state index is 13.7. The number of carbonyl (C=O) groups excluding carboxylic acids is 3. The molecule has 0 saturated carbocycles. The molecule has 38 heavy (non-hydrogen) atoms. The summed E-state index contributed by atoms with van der Waals surface area (Å²) < 4.78 is 37.2. The fourth-order valence-corrected chi connectivity index (χ4v) is 3.67. The average Bonchev–Trinajstić information content (AvgIpc) is 2.86. The van der Waals surface area contributed by atoms with E-state index >= 15 is 0 Å². The Labute approximate surface area is 222 Å². The minimum Gasteiger partial charge on any atom is -0.475 e. The van der Waals surface area contributed by atoms with Crippen LogP contribution >= 0.6 is 11.6 Å². The van der Waals surface area contributed by atoms with Gasteiger partial charge < -0.3 is 25.4 Å². The molecule has 1 aromatic carbocycles. The Balaban J connectivity index is 0.000000905. The van der Waals surface area contributed by atoms with Gasteiger partial charge in [-0.15, -0.1) is 0 Å². The number of hydrogen-bond donors (Lipinski definition) is 5. The smallest absolute Gasteiger partial charge is 0.475 e. The summed E-state index contributed by atoms with van der Waals surface area (Å²) in [5, 5.41) is 22.6. The Bertz CT molecular complexity index is 948. The van der Waals surface area contributed by atoms with Gasteiger partial charge in [0.15, 0.2) is 6.23 Å². The van der Waals surface area contributed by atoms with Crippen LogP contribution < -0.4 is 16.1 Å². The molecule has 3 atom stereocenters. The van der Waals surface area contributed by atoms with Gasteiger partial charge >= 0.3 is 18.2 Å². The van der Waals surface area contributed by atoms with Gasteiger partial charge in [-0.3, -0.25) is 14.8 Å². The van der Waals surface area contributed by atoms with E-state index in [4.69, 9.17) is 26.2 Å². The quantitative estimate of drug-likeness (QED) is 0.237. The van der Waals surface area contributed by atoms with Crippen LogP contribution in [-0.2, 0) is 19.1 Å². The van der Waals surface area contributed by atoms with Crippen LogP contribution in [0.25, 0.3) is 0 Å². The van der Waals surface area contributed by atoms with Gasteiger partial charge in [0, 0.05) is 24.7 Å². The number of carbonyl (C=O) groups is 4. The number of alkyl carbamates (subject to hydrolysis) is 1. The van der Waals surface area contributed by atoms with Crippen LogP contribution in [0.15, 0.2) is 24.3 Å². The summed E-state index contributed by atoms with van der Waals surface area (Å²) in [6.45, 7) is 7.25. The van der Waals surface area contributed by atoms with Crippen molar-refractivity contribution in [3.05, 3.63) is 34.9 Å². The van der Waals surface area contributed by atoms with Crippen LogP contribution in [0, 0.1) is 11.8 Å². The second kappa shape index (κ2) is 15.3. The molecule has 0 aromatic heterocycles. The molecule has 2 rings (SSSR count). The molecule has 1 saturated heterocycles. The summed E-state index contributed by atoms with van der Waals surface area (Å²) in [5.74, 6) is -5.21. The van der Waals surface area contributed by atoms with Crippen LogP contribution in [0.2, 0.25) is 5.02 Å². The number of ether oxygens (including phenoxy) is 1. The molecule has 0 unspecified atom stereocenters. The summed E-state index contributed by atoms with van der Waals surface area (Å²) in [7, 11) is 0. The number of alkyl halides is 3. The van der Waals surface area contributed by atoms with Crippen molar-refractivity contribution in [2.24, 2.45) is 11.8 Å². The standard InChI is InChI=1S/C21H31ClN4O5.C2HF3O2/c1-4-16(19(27)25-30)18(14-5-7-15(22)8-6-14)20(28)26-10-9-23-12-17(26)31-21(29)24-11-13(2)3;3-2(4,5)1(6)7/h5-8,13,16-18,23,30H,4,9-12H2,1-3H3,(H,24,29)(H,25,27);(H,6,7)/t16-,17-,18+;/m0./s1. The minimum absolute atomic E-state index is 0.256. The maximum Gasteiger partial charge on any atom is 0.490 e. The molecular weight excluding hydrogens is 537 g/mol. The van der Waals surface area contributed by atoms with Crippen molar-refractivity contribution in [2.45, 2.75) is 45.5 Å². The molecule has 214 valence electrons. The van der Waals surface area contributed by atoms with Crippen LogP contribution in [0.3, 0.4) is 0 Å². The van der Waals surface area contributed by atoms with E-state index in [0.29, 0.717) is 36.6 Å². The van der Waals surface area contributed by atoms with Crippen molar-refractivity contribution < 1.29 is 47.4 Å². The molecule has 5 N–H and O–H groups in total. The molecule has 0 bridgehead atoms. The van der Waals surface area contributed by atoms with E-state index in [-0.39, 0.29) is 18.4 Å². The zero-order valence-corrected chi connectivity index (χ0v) is 21.8. The number of halogens is 4. The van der Waals surface area contributed by atoms with E-state index < -0.39 is 42.2 Å². The lowest BCUT2D eigenvalue weighted by molar-refractivity contribution is -0.192. The highest BCUT2D eigenvalue weighted by atomic mass is 35.5. The first-order chi connectivity index (χ1) is 17.7. The normalized spacial score (nSPS) is 17.0. The molecule has 1 aliphatic heterocycles. The van der Waals surface area contributed by atoms with E-state index in [9.17, 15) is 32.8 Å². The number of piperazine rings is 1. The molecule has 3 amide bonds. The van der Waals surface area contributed by atoms with Gasteiger partial charge in [-0.1, -0.05) is 44.5 Å². The molecule has 0 aliphatic carbocycles. The molecule has 1 aliphatic rings. The zero-order chi connectivity index (χ0) is 29.0. The molecular formula is C23H32ClF3N4O7. The predicted molar refractivity (Wildman–Crippen MR) is 129 cm³/mol. The van der Waals surface area contributed by atoms with Crippen molar-refractivity contribution in [3.63, 3.8) is 0 Å². The number of rotatable bonds is 8. The Morgan fingerprint density at radius 3 is 2.26 bits per heavy atom. The van der Waals surface area contributed by atoms with E-state index in [0.717, 1.165) is 0 Å². The number of benzene rings is 1. The van der Waals surface area contributed by atoms with Crippen molar-refractivity contribution in [1.82, 2.24) is 21.0 Å². The summed E-state index contributed by atoms with van der Waals surface area (Å²) in [6.07, 6.45) is -6.20. The lowest BCUT2D eigenvalue weighted by Crippen LogP contribution is -2.58. The number of hydrogen-bond acceptors (Lipinski definition) is 7. The Kier molecular flexibility index (Phi) is 13.3. The second-order valence-corrected chi connectivity index (χ2v) is 9.13. The topological polar surface area (TPSA) is 157 Å². The van der Waals surface area contributed by atoms with Gasteiger partial charge in [0.05, 0.1) is 18.4 Å². The third-order valence-electron chi connectivity index (χ3n) is 5.40. The lowest BCUT2D eigenvalue weighted by Gasteiger charge is -2.38.